The van der Waals surface area contributed by atoms with Crippen LogP contribution in [0, 0.1) is 6.92 Å². The molecule has 0 spiro atoms. The first-order valence-corrected chi connectivity index (χ1v) is 10.2. The number of halogens is 1. The fourth-order valence-corrected chi connectivity index (χ4v) is 3.34. The third kappa shape index (κ3) is 4.56. The minimum Gasteiger partial charge on any atom is -0.493 e. The van der Waals surface area contributed by atoms with Crippen molar-refractivity contribution in [1.82, 2.24) is 5.32 Å². The number of nitrogens with one attached hydrogen (secondary N) is 1. The van der Waals surface area contributed by atoms with Crippen molar-refractivity contribution in [2.24, 2.45) is 0 Å². The zero-order valence-corrected chi connectivity index (χ0v) is 18.4. The number of barbiturate groups is 1. The highest BCUT2D eigenvalue weighted by molar-refractivity contribution is 6.39. The molecule has 4 amide bonds. The number of rotatable bonds is 6. The van der Waals surface area contributed by atoms with Crippen LogP contribution in [0.4, 0.5) is 10.5 Å². The van der Waals surface area contributed by atoms with Gasteiger partial charge in [0.2, 0.25) is 0 Å². The highest BCUT2D eigenvalue weighted by atomic mass is 35.5. The molecule has 2 aromatic carbocycles. The summed E-state index contributed by atoms with van der Waals surface area (Å²) in [6.07, 6.45) is 2.08. The second kappa shape index (κ2) is 9.22. The van der Waals surface area contributed by atoms with Gasteiger partial charge in [-0.25, -0.2) is 9.69 Å². The van der Waals surface area contributed by atoms with Crippen LogP contribution in [0.1, 0.15) is 31.4 Å². The molecule has 3 rings (SSSR count). The van der Waals surface area contributed by atoms with Crippen LogP contribution >= 0.6 is 11.6 Å². The molecule has 1 atom stereocenters. The third-order valence-corrected chi connectivity index (χ3v) is 5.20. The number of nitrogens with zero attached hydrogens (tertiary/aromatic N) is 1. The summed E-state index contributed by atoms with van der Waals surface area (Å²) >= 11 is 6.39. The van der Waals surface area contributed by atoms with Gasteiger partial charge >= 0.3 is 6.03 Å². The summed E-state index contributed by atoms with van der Waals surface area (Å²) in [6.45, 7) is 5.67. The number of benzene rings is 2. The van der Waals surface area contributed by atoms with E-state index in [0.29, 0.717) is 22.7 Å². The molecule has 162 valence electrons. The average Bonchev–Trinajstić information content (AvgIpc) is 2.73. The van der Waals surface area contributed by atoms with Gasteiger partial charge in [0, 0.05) is 0 Å². The highest BCUT2D eigenvalue weighted by Gasteiger charge is 2.37. The molecule has 0 radical (unpaired) electrons. The SMILES string of the molecule is CC[C@H](C)Oc1c(Cl)cc(/C=C2\C(=O)NC(=O)N(c3ccccc3C)C2=O)cc1OC. The molecular weight excluding hydrogens is 420 g/mol. The van der Waals surface area contributed by atoms with E-state index in [4.69, 9.17) is 21.1 Å². The van der Waals surface area contributed by atoms with Crippen molar-refractivity contribution in [2.75, 3.05) is 12.0 Å². The monoisotopic (exact) mass is 442 g/mol. The van der Waals surface area contributed by atoms with Crippen molar-refractivity contribution in [3.63, 3.8) is 0 Å². The molecule has 0 aromatic heterocycles. The van der Waals surface area contributed by atoms with E-state index in [1.54, 1.807) is 43.3 Å². The maximum Gasteiger partial charge on any atom is 0.335 e. The first-order valence-electron chi connectivity index (χ1n) is 9.78. The number of ether oxygens (including phenoxy) is 2. The summed E-state index contributed by atoms with van der Waals surface area (Å²) in [4.78, 5) is 38.8. The number of methoxy groups -OCH3 is 1. The summed E-state index contributed by atoms with van der Waals surface area (Å²) in [6, 6.07) is 9.32. The molecule has 1 aliphatic rings. The largest absolute Gasteiger partial charge is 0.493 e. The normalized spacial score (nSPS) is 16.4. The van der Waals surface area contributed by atoms with E-state index in [-0.39, 0.29) is 16.7 Å². The van der Waals surface area contributed by atoms with Crippen molar-refractivity contribution in [1.29, 1.82) is 0 Å². The summed E-state index contributed by atoms with van der Waals surface area (Å²) in [5.41, 5.74) is 1.37. The summed E-state index contributed by atoms with van der Waals surface area (Å²) in [5, 5.41) is 2.49. The lowest BCUT2D eigenvalue weighted by Crippen LogP contribution is -2.54. The smallest absolute Gasteiger partial charge is 0.335 e. The minimum atomic E-state index is -0.797. The van der Waals surface area contributed by atoms with Crippen LogP contribution in [0.5, 0.6) is 11.5 Å². The summed E-state index contributed by atoms with van der Waals surface area (Å²) < 4.78 is 11.2. The Labute approximate surface area is 185 Å². The number of urea groups is 1. The third-order valence-electron chi connectivity index (χ3n) is 4.91. The van der Waals surface area contributed by atoms with Gasteiger partial charge < -0.3 is 9.47 Å². The van der Waals surface area contributed by atoms with Crippen LogP contribution in [-0.4, -0.2) is 31.1 Å². The topological polar surface area (TPSA) is 84.9 Å². The van der Waals surface area contributed by atoms with E-state index < -0.39 is 17.8 Å². The lowest BCUT2D eigenvalue weighted by Gasteiger charge is -2.27. The number of anilines is 1. The van der Waals surface area contributed by atoms with Crippen LogP contribution < -0.4 is 19.7 Å². The van der Waals surface area contributed by atoms with Crippen LogP contribution in [0.25, 0.3) is 6.08 Å². The number of imide groups is 2. The molecule has 1 fully saturated rings. The Balaban J connectivity index is 2.03. The van der Waals surface area contributed by atoms with Crippen molar-refractivity contribution in [3.05, 3.63) is 58.1 Å². The van der Waals surface area contributed by atoms with Crippen molar-refractivity contribution in [3.8, 4) is 11.5 Å². The van der Waals surface area contributed by atoms with Crippen LogP contribution in [-0.2, 0) is 9.59 Å². The number of aryl methyl sites for hydroxylation is 1. The second-order valence-electron chi connectivity index (χ2n) is 7.12. The van der Waals surface area contributed by atoms with Crippen LogP contribution in [0.3, 0.4) is 0 Å². The Kier molecular flexibility index (Phi) is 6.65. The maximum absolute atomic E-state index is 13.1. The van der Waals surface area contributed by atoms with Gasteiger partial charge in [-0.3, -0.25) is 14.9 Å². The highest BCUT2D eigenvalue weighted by Crippen LogP contribution is 2.38. The quantitative estimate of drug-likeness (QED) is 0.526. The lowest BCUT2D eigenvalue weighted by molar-refractivity contribution is -0.122. The molecule has 31 heavy (non-hydrogen) atoms. The standard InChI is InChI=1S/C23H23ClN2O5/c1-5-14(3)31-20-17(24)11-15(12-19(20)30-4)10-16-21(27)25-23(29)26(22(16)28)18-9-7-6-8-13(18)2/h6-12,14H,5H2,1-4H3,(H,25,27,29)/b16-10+/t14-/m0/s1. The molecule has 1 saturated heterocycles. The predicted octanol–water partition coefficient (Wildman–Crippen LogP) is 4.50. The van der Waals surface area contributed by atoms with E-state index in [9.17, 15) is 14.4 Å². The zero-order chi connectivity index (χ0) is 22.7. The summed E-state index contributed by atoms with van der Waals surface area (Å²) in [7, 11) is 1.48. The van der Waals surface area contributed by atoms with Gasteiger partial charge in [-0.15, -0.1) is 0 Å². The Bertz CT molecular complexity index is 1080. The molecule has 1 heterocycles. The molecule has 1 aliphatic heterocycles. The van der Waals surface area contributed by atoms with Gasteiger partial charge in [0.05, 0.1) is 23.9 Å². The Morgan fingerprint density at radius 3 is 2.55 bits per heavy atom. The number of hydrogen-bond acceptors (Lipinski definition) is 5. The first-order chi connectivity index (χ1) is 14.8. The first kappa shape index (κ1) is 22.4. The van der Waals surface area contributed by atoms with E-state index in [1.807, 2.05) is 13.8 Å². The number of hydrogen-bond donors (Lipinski definition) is 1. The summed E-state index contributed by atoms with van der Waals surface area (Å²) in [5.74, 6) is -0.750. The number of para-hydroxylation sites is 1. The van der Waals surface area contributed by atoms with E-state index >= 15 is 0 Å². The molecule has 7 nitrogen and oxygen atoms in total. The molecule has 0 bridgehead atoms. The van der Waals surface area contributed by atoms with Crippen molar-refractivity contribution in [2.45, 2.75) is 33.3 Å². The number of carbonyl (C=O) groups is 3. The maximum atomic E-state index is 13.1. The molecule has 1 N–H and O–H groups in total. The Morgan fingerprint density at radius 1 is 1.19 bits per heavy atom. The Morgan fingerprint density at radius 2 is 1.90 bits per heavy atom. The van der Waals surface area contributed by atoms with Crippen LogP contribution in [0.15, 0.2) is 42.0 Å². The van der Waals surface area contributed by atoms with E-state index in [0.717, 1.165) is 16.9 Å². The van der Waals surface area contributed by atoms with Gasteiger partial charge in [-0.1, -0.05) is 36.7 Å². The molecule has 0 unspecified atom stereocenters. The Hall–Kier alpha value is -3.32. The second-order valence-corrected chi connectivity index (χ2v) is 7.52. The van der Waals surface area contributed by atoms with Gasteiger partial charge in [0.1, 0.15) is 5.57 Å². The van der Waals surface area contributed by atoms with E-state index in [2.05, 4.69) is 5.32 Å². The average molecular weight is 443 g/mol. The van der Waals surface area contributed by atoms with Crippen molar-refractivity contribution >= 4 is 41.2 Å². The molecule has 0 saturated carbocycles. The fraction of sp³-hybridized carbons (Fsp3) is 0.261. The molecular formula is C23H23ClN2O5. The fourth-order valence-electron chi connectivity index (χ4n) is 3.08. The van der Waals surface area contributed by atoms with E-state index in [1.165, 1.54) is 13.2 Å². The predicted molar refractivity (Wildman–Crippen MR) is 119 cm³/mol. The van der Waals surface area contributed by atoms with Crippen molar-refractivity contribution < 1.29 is 23.9 Å². The number of amides is 4. The van der Waals surface area contributed by atoms with Crippen LogP contribution in [0.2, 0.25) is 5.02 Å². The molecule has 0 aliphatic carbocycles. The van der Waals surface area contributed by atoms with Gasteiger partial charge in [0.15, 0.2) is 11.5 Å². The lowest BCUT2D eigenvalue weighted by atomic mass is 10.1. The zero-order valence-electron chi connectivity index (χ0n) is 17.7. The molecule has 8 heteroatoms. The minimum absolute atomic E-state index is 0.0741. The van der Waals surface area contributed by atoms with Gasteiger partial charge in [0.25, 0.3) is 11.8 Å². The van der Waals surface area contributed by atoms with Gasteiger partial charge in [-0.2, -0.15) is 0 Å². The van der Waals surface area contributed by atoms with Gasteiger partial charge in [-0.05, 0) is 55.7 Å². The number of carbonyl (C=O) groups excluding carboxylic acids is 3. The molecule has 2 aromatic rings.